The van der Waals surface area contributed by atoms with Gasteiger partial charge >= 0.3 is 5.97 Å². The molecule has 2 rings (SSSR count). The van der Waals surface area contributed by atoms with Crippen molar-refractivity contribution < 1.29 is 27.5 Å². The second kappa shape index (κ2) is 4.45. The fourth-order valence-electron chi connectivity index (χ4n) is 1.74. The Hall–Kier alpha value is -1.83. The molecule has 1 aliphatic heterocycles. The van der Waals surface area contributed by atoms with Gasteiger partial charge in [-0.3, -0.25) is 4.79 Å². The van der Waals surface area contributed by atoms with Crippen LogP contribution in [-0.2, 0) is 9.84 Å². The maximum Gasteiger partial charge on any atom is 0.371 e. The molecule has 8 heteroatoms. The lowest BCUT2D eigenvalue weighted by atomic mass is 10.2. The highest BCUT2D eigenvalue weighted by Gasteiger charge is 2.29. The molecule has 0 aliphatic carbocycles. The van der Waals surface area contributed by atoms with E-state index in [1.54, 1.807) is 0 Å². The molecule has 0 saturated carbocycles. The van der Waals surface area contributed by atoms with Crippen molar-refractivity contribution >= 4 is 21.7 Å². The van der Waals surface area contributed by atoms with Crippen molar-refractivity contribution in [2.75, 3.05) is 11.5 Å². The second-order valence-electron chi connectivity index (χ2n) is 4.04. The fourth-order valence-corrected chi connectivity index (χ4v) is 3.41. The summed E-state index contributed by atoms with van der Waals surface area (Å²) in [5, 5.41) is 11.1. The van der Waals surface area contributed by atoms with E-state index in [1.165, 1.54) is 12.1 Å². The van der Waals surface area contributed by atoms with Crippen molar-refractivity contribution in [3.8, 4) is 0 Å². The number of aromatic carboxylic acids is 1. The molecule has 1 amide bonds. The predicted molar refractivity (Wildman–Crippen MR) is 60.2 cm³/mol. The van der Waals surface area contributed by atoms with Gasteiger partial charge < -0.3 is 14.8 Å². The number of hydrogen-bond acceptors (Lipinski definition) is 5. The number of rotatable bonds is 3. The van der Waals surface area contributed by atoms with E-state index in [-0.39, 0.29) is 23.0 Å². The molecular weight excluding hydrogens is 262 g/mol. The van der Waals surface area contributed by atoms with Gasteiger partial charge in [0.15, 0.2) is 15.6 Å². The Morgan fingerprint density at radius 2 is 2.00 bits per heavy atom. The summed E-state index contributed by atoms with van der Waals surface area (Å²) in [4.78, 5) is 22.2. The molecule has 2 heterocycles. The van der Waals surface area contributed by atoms with Gasteiger partial charge in [-0.1, -0.05) is 0 Å². The van der Waals surface area contributed by atoms with E-state index in [0.29, 0.717) is 6.42 Å². The van der Waals surface area contributed by atoms with Crippen LogP contribution in [0.3, 0.4) is 0 Å². The number of furan rings is 1. The van der Waals surface area contributed by atoms with Crippen LogP contribution in [0.2, 0.25) is 0 Å². The quantitative estimate of drug-likeness (QED) is 0.794. The first-order valence-electron chi connectivity index (χ1n) is 5.22. The van der Waals surface area contributed by atoms with Crippen LogP contribution in [0, 0.1) is 0 Å². The lowest BCUT2D eigenvalue weighted by molar-refractivity contribution is 0.0659. The Morgan fingerprint density at radius 3 is 2.50 bits per heavy atom. The zero-order chi connectivity index (χ0) is 13.3. The topological polar surface area (TPSA) is 114 Å². The first-order chi connectivity index (χ1) is 8.37. The number of carboxylic acids is 1. The first kappa shape index (κ1) is 12.6. The Balaban J connectivity index is 2.02. The average molecular weight is 273 g/mol. The summed E-state index contributed by atoms with van der Waals surface area (Å²) in [6, 6.07) is 1.96. The van der Waals surface area contributed by atoms with E-state index >= 15 is 0 Å². The number of hydrogen-bond donors (Lipinski definition) is 2. The van der Waals surface area contributed by atoms with E-state index in [1.807, 2.05) is 0 Å². The van der Waals surface area contributed by atoms with E-state index in [9.17, 15) is 18.0 Å². The lowest BCUT2D eigenvalue weighted by Crippen LogP contribution is -2.35. The molecule has 0 aromatic carbocycles. The number of sulfone groups is 1. The fraction of sp³-hybridized carbons (Fsp3) is 0.400. The monoisotopic (exact) mass is 273 g/mol. The predicted octanol–water partition coefficient (Wildman–Crippen LogP) is -0.105. The minimum atomic E-state index is -3.07. The average Bonchev–Trinajstić information content (AvgIpc) is 2.85. The Bertz CT molecular complexity index is 587. The Morgan fingerprint density at radius 1 is 1.33 bits per heavy atom. The van der Waals surface area contributed by atoms with Gasteiger partial charge in [0.2, 0.25) is 5.76 Å². The molecule has 1 atom stereocenters. The molecule has 18 heavy (non-hydrogen) atoms. The van der Waals surface area contributed by atoms with Crippen LogP contribution in [-0.4, -0.2) is 42.9 Å². The van der Waals surface area contributed by atoms with Crippen LogP contribution in [0.15, 0.2) is 16.5 Å². The molecule has 1 saturated heterocycles. The zero-order valence-electron chi connectivity index (χ0n) is 9.25. The molecule has 1 aliphatic rings. The van der Waals surface area contributed by atoms with Crippen molar-refractivity contribution in [2.45, 2.75) is 12.5 Å². The van der Waals surface area contributed by atoms with Crippen molar-refractivity contribution in [2.24, 2.45) is 0 Å². The first-order valence-corrected chi connectivity index (χ1v) is 7.04. The summed E-state index contributed by atoms with van der Waals surface area (Å²) in [5.74, 6) is -2.39. The highest BCUT2D eigenvalue weighted by atomic mass is 32.2. The molecule has 0 spiro atoms. The van der Waals surface area contributed by atoms with Gasteiger partial charge in [-0.25, -0.2) is 13.2 Å². The largest absolute Gasteiger partial charge is 0.475 e. The molecule has 7 nitrogen and oxygen atoms in total. The number of amides is 1. The molecule has 98 valence electrons. The molecule has 1 aromatic heterocycles. The second-order valence-corrected chi connectivity index (χ2v) is 6.27. The summed E-state index contributed by atoms with van der Waals surface area (Å²) in [6.45, 7) is 0. The van der Waals surface area contributed by atoms with E-state index < -0.39 is 27.8 Å². The third-order valence-corrected chi connectivity index (χ3v) is 4.38. The molecular formula is C10H11NO6S. The molecule has 1 unspecified atom stereocenters. The van der Waals surface area contributed by atoms with Gasteiger partial charge in [0.25, 0.3) is 5.91 Å². The SMILES string of the molecule is O=C(O)c1ccc(C(=O)NC2CCS(=O)(=O)C2)o1. The maximum atomic E-state index is 11.7. The number of carboxylic acid groups (broad SMARTS) is 1. The van der Waals surface area contributed by atoms with Crippen molar-refractivity contribution in [1.29, 1.82) is 0 Å². The van der Waals surface area contributed by atoms with Crippen LogP contribution in [0.25, 0.3) is 0 Å². The number of nitrogens with one attached hydrogen (secondary N) is 1. The van der Waals surface area contributed by atoms with Gasteiger partial charge in [0.1, 0.15) is 0 Å². The summed E-state index contributed by atoms with van der Waals surface area (Å²) in [6.07, 6.45) is 0.362. The third kappa shape index (κ3) is 2.70. The van der Waals surface area contributed by atoms with Crippen LogP contribution >= 0.6 is 0 Å². The van der Waals surface area contributed by atoms with Gasteiger partial charge in [-0.05, 0) is 18.6 Å². The van der Waals surface area contributed by atoms with E-state index in [0.717, 1.165) is 0 Å². The van der Waals surface area contributed by atoms with Gasteiger partial charge in [0, 0.05) is 6.04 Å². The third-order valence-electron chi connectivity index (χ3n) is 2.61. The Kier molecular flexibility index (Phi) is 3.12. The van der Waals surface area contributed by atoms with Gasteiger partial charge in [-0.2, -0.15) is 0 Å². The van der Waals surface area contributed by atoms with Crippen LogP contribution in [0.4, 0.5) is 0 Å². The van der Waals surface area contributed by atoms with Crippen LogP contribution in [0.5, 0.6) is 0 Å². The van der Waals surface area contributed by atoms with Gasteiger partial charge in [0.05, 0.1) is 11.5 Å². The molecule has 1 aromatic rings. The number of carbonyl (C=O) groups is 2. The lowest BCUT2D eigenvalue weighted by Gasteiger charge is -2.08. The molecule has 1 fully saturated rings. The van der Waals surface area contributed by atoms with Crippen molar-refractivity contribution in [3.05, 3.63) is 23.7 Å². The minimum Gasteiger partial charge on any atom is -0.475 e. The van der Waals surface area contributed by atoms with Crippen LogP contribution < -0.4 is 5.32 Å². The van der Waals surface area contributed by atoms with E-state index in [4.69, 9.17) is 9.52 Å². The summed E-state index contributed by atoms with van der Waals surface area (Å²) >= 11 is 0. The van der Waals surface area contributed by atoms with Crippen molar-refractivity contribution in [3.63, 3.8) is 0 Å². The highest BCUT2D eigenvalue weighted by Crippen LogP contribution is 2.13. The van der Waals surface area contributed by atoms with Crippen molar-refractivity contribution in [1.82, 2.24) is 5.32 Å². The van der Waals surface area contributed by atoms with E-state index in [2.05, 4.69) is 5.32 Å². The number of carbonyl (C=O) groups excluding carboxylic acids is 1. The van der Waals surface area contributed by atoms with Crippen LogP contribution in [0.1, 0.15) is 27.5 Å². The molecule has 0 radical (unpaired) electrons. The summed E-state index contributed by atoms with van der Waals surface area (Å²) < 4.78 is 27.2. The standard InChI is InChI=1S/C10H11NO6S/c12-9(7-1-2-8(17-7)10(13)14)11-6-3-4-18(15,16)5-6/h1-2,6H,3-5H2,(H,11,12)(H,13,14). The smallest absolute Gasteiger partial charge is 0.371 e. The summed E-state index contributed by atoms with van der Waals surface area (Å²) in [7, 11) is -3.07. The molecule has 2 N–H and O–H groups in total. The maximum absolute atomic E-state index is 11.7. The highest BCUT2D eigenvalue weighted by molar-refractivity contribution is 7.91. The summed E-state index contributed by atoms with van der Waals surface area (Å²) in [5.41, 5.74) is 0. The normalized spacial score (nSPS) is 21.7. The molecule has 0 bridgehead atoms. The van der Waals surface area contributed by atoms with Gasteiger partial charge in [-0.15, -0.1) is 0 Å². The Labute approximate surface area is 103 Å². The minimum absolute atomic E-state index is 0.0521. The zero-order valence-corrected chi connectivity index (χ0v) is 10.1.